The van der Waals surface area contributed by atoms with Crippen molar-refractivity contribution in [2.24, 2.45) is 0 Å². The highest BCUT2D eigenvalue weighted by atomic mass is 19.3. The average Bonchev–Trinajstić information content (AvgIpc) is 2.22. The second kappa shape index (κ2) is 5.39. The Morgan fingerprint density at radius 3 is 2.75 bits per heavy atom. The number of rotatable bonds is 4. The molecule has 0 aliphatic rings. The van der Waals surface area contributed by atoms with Crippen molar-refractivity contribution in [3.63, 3.8) is 0 Å². The molecule has 0 saturated carbocycles. The van der Waals surface area contributed by atoms with Gasteiger partial charge in [0.05, 0.1) is 12.3 Å². The zero-order chi connectivity index (χ0) is 12.1. The first kappa shape index (κ1) is 12.4. The molecule has 0 unspecified atom stereocenters. The Kier molecular flexibility index (Phi) is 4.16. The van der Waals surface area contributed by atoms with Crippen molar-refractivity contribution in [2.45, 2.75) is 13.3 Å². The lowest BCUT2D eigenvalue weighted by molar-refractivity contribution is -0.126. The van der Waals surface area contributed by atoms with Crippen molar-refractivity contribution in [3.05, 3.63) is 24.0 Å². The quantitative estimate of drug-likeness (QED) is 0.867. The number of nitrogens with one attached hydrogen (secondary N) is 1. The lowest BCUT2D eigenvalue weighted by Crippen LogP contribution is -2.20. The molecule has 0 aliphatic carbocycles. The van der Waals surface area contributed by atoms with E-state index in [1.165, 1.54) is 6.07 Å². The summed E-state index contributed by atoms with van der Waals surface area (Å²) in [6.07, 6.45) is -3.13. The molecule has 0 spiro atoms. The fraction of sp³-hybridized carbons (Fsp3) is 0.300. The van der Waals surface area contributed by atoms with E-state index in [4.69, 9.17) is 4.74 Å². The molecular weight excluding hydrogens is 223 g/mol. The molecule has 88 valence electrons. The van der Waals surface area contributed by atoms with Crippen molar-refractivity contribution >= 4 is 11.6 Å². The Labute approximate surface area is 90.2 Å². The van der Waals surface area contributed by atoms with Gasteiger partial charge in [-0.25, -0.2) is 4.39 Å². The van der Waals surface area contributed by atoms with Crippen LogP contribution in [0.1, 0.15) is 6.92 Å². The van der Waals surface area contributed by atoms with Crippen LogP contribution >= 0.6 is 0 Å². The van der Waals surface area contributed by atoms with Crippen LogP contribution in [0.5, 0.6) is 5.75 Å². The fourth-order valence-electron chi connectivity index (χ4n) is 1.06. The first-order chi connectivity index (χ1) is 7.54. The van der Waals surface area contributed by atoms with Gasteiger partial charge in [0.2, 0.25) is 0 Å². The number of carbonyl (C=O) groups is 1. The smallest absolute Gasteiger partial charge is 0.315 e. The molecule has 0 bridgehead atoms. The van der Waals surface area contributed by atoms with Crippen LogP contribution in [-0.4, -0.2) is 18.9 Å². The summed E-state index contributed by atoms with van der Waals surface area (Å²) in [4.78, 5) is 10.7. The normalized spacial score (nSPS) is 10.3. The molecule has 16 heavy (non-hydrogen) atoms. The van der Waals surface area contributed by atoms with Crippen LogP contribution in [0, 0.1) is 5.82 Å². The van der Waals surface area contributed by atoms with Gasteiger partial charge in [-0.1, -0.05) is 0 Å². The summed E-state index contributed by atoms with van der Waals surface area (Å²) in [6, 6.07) is 3.23. The molecule has 1 rings (SSSR count). The maximum absolute atomic E-state index is 12.8. The highest BCUT2D eigenvalue weighted by Crippen LogP contribution is 2.25. The Morgan fingerprint density at radius 1 is 1.50 bits per heavy atom. The van der Waals surface area contributed by atoms with Crippen LogP contribution in [0.25, 0.3) is 0 Å². The molecule has 0 fully saturated rings. The number of alkyl halides is 2. The highest BCUT2D eigenvalue weighted by molar-refractivity contribution is 5.94. The first-order valence-electron chi connectivity index (χ1n) is 4.56. The van der Waals surface area contributed by atoms with Crippen LogP contribution in [0.2, 0.25) is 0 Å². The van der Waals surface area contributed by atoms with E-state index >= 15 is 0 Å². The summed E-state index contributed by atoms with van der Waals surface area (Å²) in [7, 11) is 0. The summed E-state index contributed by atoms with van der Waals surface area (Å²) >= 11 is 0. The van der Waals surface area contributed by atoms with Gasteiger partial charge in [-0.2, -0.15) is 8.78 Å². The van der Waals surface area contributed by atoms with Gasteiger partial charge in [0, 0.05) is 6.07 Å². The van der Waals surface area contributed by atoms with Crippen LogP contribution in [0.15, 0.2) is 18.2 Å². The van der Waals surface area contributed by atoms with Crippen molar-refractivity contribution in [3.8, 4) is 5.75 Å². The van der Waals surface area contributed by atoms with Gasteiger partial charge < -0.3 is 10.1 Å². The number of ether oxygens (including phenoxy) is 1. The minimum atomic E-state index is -3.13. The van der Waals surface area contributed by atoms with E-state index in [1.54, 1.807) is 6.92 Å². The monoisotopic (exact) mass is 233 g/mol. The molecule has 0 radical (unpaired) electrons. The van der Waals surface area contributed by atoms with Gasteiger partial charge >= 0.3 is 6.43 Å². The molecule has 3 nitrogen and oxygen atoms in total. The van der Waals surface area contributed by atoms with Gasteiger partial charge in [0.1, 0.15) is 11.6 Å². The first-order valence-corrected chi connectivity index (χ1v) is 4.56. The van der Waals surface area contributed by atoms with Crippen LogP contribution in [0.4, 0.5) is 18.9 Å². The topological polar surface area (TPSA) is 38.3 Å². The third-order valence-corrected chi connectivity index (χ3v) is 1.70. The Bertz CT molecular complexity index is 382. The second-order valence-corrected chi connectivity index (χ2v) is 2.86. The molecule has 1 amide bonds. The van der Waals surface area contributed by atoms with Crippen molar-refractivity contribution in [2.75, 3.05) is 11.9 Å². The van der Waals surface area contributed by atoms with Crippen LogP contribution in [0.3, 0.4) is 0 Å². The zero-order valence-electron chi connectivity index (χ0n) is 8.47. The van der Waals surface area contributed by atoms with E-state index in [-0.39, 0.29) is 18.0 Å². The molecule has 6 heteroatoms. The molecule has 0 aromatic heterocycles. The molecule has 0 saturated heterocycles. The molecular formula is C10H10F3NO2. The van der Waals surface area contributed by atoms with Gasteiger partial charge in [-0.3, -0.25) is 4.79 Å². The summed E-state index contributed by atoms with van der Waals surface area (Å²) in [5.41, 5.74) is 0.0218. The predicted octanol–water partition coefficient (Wildman–Crippen LogP) is 2.43. The number of carbonyl (C=O) groups excluding carboxylic acids is 1. The van der Waals surface area contributed by atoms with Gasteiger partial charge in [-0.15, -0.1) is 0 Å². The lowest BCUT2D eigenvalue weighted by atomic mass is 10.3. The van der Waals surface area contributed by atoms with E-state index < -0.39 is 18.1 Å². The average molecular weight is 233 g/mol. The summed E-state index contributed by atoms with van der Waals surface area (Å²) in [6.45, 7) is 1.89. The van der Waals surface area contributed by atoms with E-state index in [1.807, 2.05) is 5.32 Å². The Balaban J connectivity index is 2.90. The third-order valence-electron chi connectivity index (χ3n) is 1.70. The molecule has 1 aromatic rings. The molecule has 0 heterocycles. The largest absolute Gasteiger partial charge is 0.492 e. The van der Waals surface area contributed by atoms with Gasteiger partial charge in [0.15, 0.2) is 0 Å². The Morgan fingerprint density at radius 2 is 2.19 bits per heavy atom. The summed E-state index contributed by atoms with van der Waals surface area (Å²) in [5, 5.41) is 1.94. The van der Waals surface area contributed by atoms with Gasteiger partial charge in [-0.05, 0) is 19.1 Å². The Hall–Kier alpha value is -1.72. The standard InChI is InChI=1S/C10H10F3NO2/c1-2-16-8-5-6(11)3-4-7(8)14-10(15)9(12)13/h3-5,9H,2H2,1H3,(H,14,15). The van der Waals surface area contributed by atoms with E-state index in [0.29, 0.717) is 0 Å². The molecule has 0 aliphatic heterocycles. The summed E-state index contributed by atoms with van der Waals surface area (Å²) in [5.74, 6) is -2.00. The minimum Gasteiger partial charge on any atom is -0.492 e. The zero-order valence-corrected chi connectivity index (χ0v) is 8.47. The number of anilines is 1. The minimum absolute atomic E-state index is 0.0218. The van der Waals surface area contributed by atoms with Crippen molar-refractivity contribution in [1.29, 1.82) is 0 Å². The predicted molar refractivity (Wildman–Crippen MR) is 52.2 cm³/mol. The van der Waals surface area contributed by atoms with E-state index in [2.05, 4.69) is 0 Å². The lowest BCUT2D eigenvalue weighted by Gasteiger charge is -2.11. The SMILES string of the molecule is CCOc1cc(F)ccc1NC(=O)C(F)F. The molecule has 0 atom stereocenters. The van der Waals surface area contributed by atoms with Crippen LogP contribution < -0.4 is 10.1 Å². The number of hydrogen-bond acceptors (Lipinski definition) is 2. The fourth-order valence-corrected chi connectivity index (χ4v) is 1.06. The van der Waals surface area contributed by atoms with Gasteiger partial charge in [0.25, 0.3) is 5.91 Å². The highest BCUT2D eigenvalue weighted by Gasteiger charge is 2.17. The van der Waals surface area contributed by atoms with Crippen molar-refractivity contribution < 1.29 is 22.7 Å². The second-order valence-electron chi connectivity index (χ2n) is 2.86. The molecule has 1 N–H and O–H groups in total. The molecule has 1 aromatic carbocycles. The number of halogens is 3. The number of hydrogen-bond donors (Lipinski definition) is 1. The van der Waals surface area contributed by atoms with Crippen molar-refractivity contribution in [1.82, 2.24) is 0 Å². The summed E-state index contributed by atoms with van der Waals surface area (Å²) < 4.78 is 41.8. The van der Waals surface area contributed by atoms with Crippen LogP contribution in [-0.2, 0) is 4.79 Å². The maximum Gasteiger partial charge on any atom is 0.315 e. The third kappa shape index (κ3) is 3.15. The number of benzene rings is 1. The van der Waals surface area contributed by atoms with E-state index in [0.717, 1.165) is 12.1 Å². The number of amides is 1. The van der Waals surface area contributed by atoms with E-state index in [9.17, 15) is 18.0 Å². The maximum atomic E-state index is 12.8.